The number of ether oxygens (including phenoxy) is 2. The van der Waals surface area contributed by atoms with Crippen LogP contribution in [-0.2, 0) is 4.74 Å². The lowest BCUT2D eigenvalue weighted by molar-refractivity contribution is -0.153. The molecule has 0 aliphatic rings. The summed E-state index contributed by atoms with van der Waals surface area (Å²) in [7, 11) is 0. The van der Waals surface area contributed by atoms with E-state index in [4.69, 9.17) is 14.6 Å². The maximum absolute atomic E-state index is 8.84. The van der Waals surface area contributed by atoms with Gasteiger partial charge in [-0.1, -0.05) is 39.0 Å². The van der Waals surface area contributed by atoms with Gasteiger partial charge in [0.05, 0.1) is 13.2 Å². The van der Waals surface area contributed by atoms with Gasteiger partial charge < -0.3 is 14.6 Å². The van der Waals surface area contributed by atoms with Crippen LogP contribution in [0.25, 0.3) is 0 Å². The fourth-order valence-corrected chi connectivity index (χ4v) is 1.37. The molecular formula is C14H22O3. The third kappa shape index (κ3) is 4.36. The molecule has 1 N–H and O–H groups in total. The van der Waals surface area contributed by atoms with E-state index in [0.29, 0.717) is 6.61 Å². The van der Waals surface area contributed by atoms with E-state index in [0.717, 1.165) is 12.2 Å². The molecule has 0 aromatic heterocycles. The van der Waals surface area contributed by atoms with Gasteiger partial charge in [0.1, 0.15) is 5.75 Å². The molecule has 0 spiro atoms. The summed E-state index contributed by atoms with van der Waals surface area (Å²) < 4.78 is 11.4. The Labute approximate surface area is 103 Å². The molecule has 96 valence electrons. The lowest BCUT2D eigenvalue weighted by Crippen LogP contribution is -2.37. The van der Waals surface area contributed by atoms with Crippen molar-refractivity contribution in [2.24, 2.45) is 5.41 Å². The van der Waals surface area contributed by atoms with Gasteiger partial charge in [-0.3, -0.25) is 0 Å². The first-order valence-electron chi connectivity index (χ1n) is 6.04. The second-order valence-electron chi connectivity index (χ2n) is 4.70. The van der Waals surface area contributed by atoms with Crippen molar-refractivity contribution in [3.8, 4) is 5.75 Å². The molecule has 1 aromatic carbocycles. The van der Waals surface area contributed by atoms with Crippen molar-refractivity contribution >= 4 is 0 Å². The Balaban J connectivity index is 2.70. The van der Waals surface area contributed by atoms with E-state index in [-0.39, 0.29) is 18.3 Å². The minimum atomic E-state index is -0.345. The smallest absolute Gasteiger partial charge is 0.205 e. The van der Waals surface area contributed by atoms with E-state index < -0.39 is 0 Å². The molecular weight excluding hydrogens is 216 g/mol. The Hall–Kier alpha value is -1.06. The number of aliphatic hydroxyl groups is 1. The zero-order valence-corrected chi connectivity index (χ0v) is 10.8. The molecule has 0 aliphatic carbocycles. The number of hydrogen-bond acceptors (Lipinski definition) is 3. The molecule has 3 nitrogen and oxygen atoms in total. The van der Waals surface area contributed by atoms with Gasteiger partial charge in [0.25, 0.3) is 0 Å². The van der Waals surface area contributed by atoms with Crippen molar-refractivity contribution in [3.05, 3.63) is 30.3 Å². The summed E-state index contributed by atoms with van der Waals surface area (Å²) in [5, 5.41) is 8.84. The molecule has 1 unspecified atom stereocenters. The van der Waals surface area contributed by atoms with Crippen molar-refractivity contribution in [2.75, 3.05) is 13.2 Å². The molecule has 0 radical (unpaired) electrons. The number of hydrogen-bond donors (Lipinski definition) is 1. The van der Waals surface area contributed by atoms with E-state index in [1.54, 1.807) is 0 Å². The highest BCUT2D eigenvalue weighted by Gasteiger charge is 2.30. The fraction of sp³-hybridized carbons (Fsp3) is 0.571. The van der Waals surface area contributed by atoms with E-state index in [1.807, 2.05) is 30.3 Å². The summed E-state index contributed by atoms with van der Waals surface area (Å²) in [5.41, 5.74) is -0.0923. The van der Waals surface area contributed by atoms with Crippen LogP contribution >= 0.6 is 0 Å². The van der Waals surface area contributed by atoms with Gasteiger partial charge >= 0.3 is 0 Å². The average molecular weight is 238 g/mol. The van der Waals surface area contributed by atoms with Crippen molar-refractivity contribution in [1.29, 1.82) is 0 Å². The summed E-state index contributed by atoms with van der Waals surface area (Å²) in [5.74, 6) is 0.789. The molecule has 0 aliphatic heterocycles. The number of para-hydroxylation sites is 1. The zero-order valence-electron chi connectivity index (χ0n) is 10.8. The van der Waals surface area contributed by atoms with Gasteiger partial charge in [-0.25, -0.2) is 0 Å². The highest BCUT2D eigenvalue weighted by molar-refractivity contribution is 5.21. The first-order chi connectivity index (χ1) is 8.10. The molecule has 3 heteroatoms. The Morgan fingerprint density at radius 2 is 1.88 bits per heavy atom. The van der Waals surface area contributed by atoms with Gasteiger partial charge in [0.2, 0.25) is 6.29 Å². The first kappa shape index (κ1) is 14.0. The van der Waals surface area contributed by atoms with Crippen LogP contribution in [0.5, 0.6) is 5.75 Å². The standard InChI is InChI=1S/C14H22O3/c1-4-14(2,3)13(16-11-10-15)17-12-8-6-5-7-9-12/h5-9,13,15H,4,10-11H2,1-3H3. The molecule has 1 atom stereocenters. The lowest BCUT2D eigenvalue weighted by Gasteiger charge is -2.33. The quantitative estimate of drug-likeness (QED) is 0.742. The predicted octanol–water partition coefficient (Wildman–Crippen LogP) is 2.84. The topological polar surface area (TPSA) is 38.7 Å². The van der Waals surface area contributed by atoms with Crippen LogP contribution < -0.4 is 4.74 Å². The zero-order chi connectivity index (χ0) is 12.7. The normalized spacial score (nSPS) is 13.4. The maximum atomic E-state index is 8.84. The number of rotatable bonds is 7. The third-order valence-corrected chi connectivity index (χ3v) is 2.90. The molecule has 0 fully saturated rings. The minimum Gasteiger partial charge on any atom is -0.464 e. The van der Waals surface area contributed by atoms with Gasteiger partial charge in [-0.05, 0) is 18.6 Å². The van der Waals surface area contributed by atoms with Crippen molar-refractivity contribution < 1.29 is 14.6 Å². The predicted molar refractivity (Wildman–Crippen MR) is 68.0 cm³/mol. The second kappa shape index (κ2) is 6.62. The Morgan fingerprint density at radius 1 is 1.24 bits per heavy atom. The van der Waals surface area contributed by atoms with Crippen LogP contribution in [0.1, 0.15) is 27.2 Å². The number of aliphatic hydroxyl groups excluding tert-OH is 1. The van der Waals surface area contributed by atoms with Gasteiger partial charge in [-0.2, -0.15) is 0 Å². The summed E-state index contributed by atoms with van der Waals surface area (Å²) in [6.45, 7) is 6.59. The molecule has 1 rings (SSSR count). The average Bonchev–Trinajstić information content (AvgIpc) is 2.35. The molecule has 0 saturated carbocycles. The Morgan fingerprint density at radius 3 is 2.41 bits per heavy atom. The summed E-state index contributed by atoms with van der Waals surface area (Å²) in [6, 6.07) is 9.61. The van der Waals surface area contributed by atoms with Crippen LogP contribution in [0.4, 0.5) is 0 Å². The van der Waals surface area contributed by atoms with E-state index >= 15 is 0 Å². The number of benzene rings is 1. The third-order valence-electron chi connectivity index (χ3n) is 2.90. The Bertz CT molecular complexity index is 309. The molecule has 0 bridgehead atoms. The van der Waals surface area contributed by atoms with Crippen molar-refractivity contribution in [3.63, 3.8) is 0 Å². The summed E-state index contributed by atoms with van der Waals surface area (Å²) in [4.78, 5) is 0. The molecule has 0 amide bonds. The van der Waals surface area contributed by atoms with Gasteiger partial charge in [-0.15, -0.1) is 0 Å². The highest BCUT2D eigenvalue weighted by atomic mass is 16.7. The largest absolute Gasteiger partial charge is 0.464 e. The van der Waals surface area contributed by atoms with Gasteiger partial charge in [0.15, 0.2) is 0 Å². The van der Waals surface area contributed by atoms with Crippen LogP contribution in [0.2, 0.25) is 0 Å². The van der Waals surface area contributed by atoms with Gasteiger partial charge in [0, 0.05) is 5.41 Å². The highest BCUT2D eigenvalue weighted by Crippen LogP contribution is 2.29. The van der Waals surface area contributed by atoms with Crippen LogP contribution in [0.3, 0.4) is 0 Å². The van der Waals surface area contributed by atoms with E-state index in [2.05, 4.69) is 20.8 Å². The van der Waals surface area contributed by atoms with Crippen molar-refractivity contribution in [1.82, 2.24) is 0 Å². The fourth-order valence-electron chi connectivity index (χ4n) is 1.37. The molecule has 0 heterocycles. The van der Waals surface area contributed by atoms with Crippen LogP contribution in [-0.4, -0.2) is 24.6 Å². The lowest BCUT2D eigenvalue weighted by atomic mass is 9.89. The molecule has 0 saturated heterocycles. The Kier molecular flexibility index (Phi) is 5.45. The van der Waals surface area contributed by atoms with Crippen LogP contribution in [0, 0.1) is 5.41 Å². The van der Waals surface area contributed by atoms with Crippen LogP contribution in [0.15, 0.2) is 30.3 Å². The molecule has 17 heavy (non-hydrogen) atoms. The first-order valence-corrected chi connectivity index (χ1v) is 6.04. The second-order valence-corrected chi connectivity index (χ2v) is 4.70. The monoisotopic (exact) mass is 238 g/mol. The maximum Gasteiger partial charge on any atom is 0.205 e. The van der Waals surface area contributed by atoms with E-state index in [9.17, 15) is 0 Å². The summed E-state index contributed by atoms with van der Waals surface area (Å²) >= 11 is 0. The molecule has 1 aromatic rings. The SMILES string of the molecule is CCC(C)(C)C(OCCO)Oc1ccccc1. The minimum absolute atomic E-state index is 0.00838. The van der Waals surface area contributed by atoms with Crippen molar-refractivity contribution in [2.45, 2.75) is 33.5 Å². The summed E-state index contributed by atoms with van der Waals surface area (Å²) in [6.07, 6.45) is 0.595. The van der Waals surface area contributed by atoms with E-state index in [1.165, 1.54) is 0 Å².